The molecule has 0 aliphatic rings. The molecule has 1 unspecified atom stereocenters. The molecule has 0 aromatic heterocycles. The zero-order chi connectivity index (χ0) is 9.90. The Morgan fingerprint density at radius 1 is 1.38 bits per heavy atom. The molecule has 0 radical (unpaired) electrons. The zero-order valence-corrected chi connectivity index (χ0v) is 7.63. The van der Waals surface area contributed by atoms with Crippen molar-refractivity contribution >= 4 is 0 Å². The lowest BCUT2D eigenvalue weighted by Gasteiger charge is -2.21. The van der Waals surface area contributed by atoms with Crippen molar-refractivity contribution in [1.82, 2.24) is 0 Å². The van der Waals surface area contributed by atoms with Crippen LogP contribution in [-0.4, -0.2) is 17.3 Å². The molecule has 72 valence electrons. The third-order valence-electron chi connectivity index (χ3n) is 1.88. The fraction of sp³-hybridized carbons (Fsp3) is 0.400. The standard InChI is InChI=1S/C10H14FNO/c1-10(12,7-13)6-8-2-4-9(11)5-3-8/h2-5,13H,6-7,12H2,1H3. The number of aliphatic hydroxyl groups excluding tert-OH is 1. The number of nitrogens with two attached hydrogens (primary N) is 1. The van der Waals surface area contributed by atoms with Gasteiger partial charge in [-0.1, -0.05) is 12.1 Å². The summed E-state index contributed by atoms with van der Waals surface area (Å²) in [4.78, 5) is 0. The largest absolute Gasteiger partial charge is 0.394 e. The summed E-state index contributed by atoms with van der Waals surface area (Å²) in [6, 6.07) is 6.14. The average molecular weight is 183 g/mol. The number of aliphatic hydroxyl groups is 1. The van der Waals surface area contributed by atoms with Gasteiger partial charge in [0.15, 0.2) is 0 Å². The van der Waals surface area contributed by atoms with Gasteiger partial charge < -0.3 is 10.8 Å². The van der Waals surface area contributed by atoms with Crippen LogP contribution >= 0.6 is 0 Å². The summed E-state index contributed by atoms with van der Waals surface area (Å²) < 4.78 is 12.5. The van der Waals surface area contributed by atoms with Crippen LogP contribution in [0.25, 0.3) is 0 Å². The molecule has 0 bridgehead atoms. The minimum absolute atomic E-state index is 0.0790. The number of rotatable bonds is 3. The summed E-state index contributed by atoms with van der Waals surface area (Å²) in [6.45, 7) is 1.68. The van der Waals surface area contributed by atoms with Crippen LogP contribution in [0.2, 0.25) is 0 Å². The Hall–Kier alpha value is -0.930. The van der Waals surface area contributed by atoms with Crippen molar-refractivity contribution < 1.29 is 9.50 Å². The number of hydrogen-bond donors (Lipinski definition) is 2. The van der Waals surface area contributed by atoms with Gasteiger partial charge in [0.05, 0.1) is 6.61 Å². The molecule has 1 aromatic carbocycles. The van der Waals surface area contributed by atoms with Gasteiger partial charge in [-0.2, -0.15) is 0 Å². The summed E-state index contributed by atoms with van der Waals surface area (Å²) in [5, 5.41) is 8.91. The number of halogens is 1. The first kappa shape index (κ1) is 10.2. The molecular weight excluding hydrogens is 169 g/mol. The predicted octanol–water partition coefficient (Wildman–Crippen LogP) is 1.08. The highest BCUT2D eigenvalue weighted by atomic mass is 19.1. The Morgan fingerprint density at radius 3 is 2.38 bits per heavy atom. The van der Waals surface area contributed by atoms with E-state index in [1.807, 2.05) is 0 Å². The van der Waals surface area contributed by atoms with Gasteiger partial charge in [-0.25, -0.2) is 4.39 Å². The molecule has 0 saturated heterocycles. The van der Waals surface area contributed by atoms with E-state index in [1.54, 1.807) is 19.1 Å². The molecule has 0 saturated carbocycles. The Labute approximate surface area is 77.2 Å². The highest BCUT2D eigenvalue weighted by Gasteiger charge is 2.17. The highest BCUT2D eigenvalue weighted by molar-refractivity contribution is 5.18. The third kappa shape index (κ3) is 3.13. The van der Waals surface area contributed by atoms with Gasteiger partial charge in [0.1, 0.15) is 5.82 Å². The Kier molecular flexibility index (Phi) is 3.01. The molecule has 0 fully saturated rings. The molecular formula is C10H14FNO. The predicted molar refractivity (Wildman–Crippen MR) is 49.8 cm³/mol. The first-order chi connectivity index (χ1) is 6.03. The second kappa shape index (κ2) is 3.85. The van der Waals surface area contributed by atoms with Crippen LogP contribution in [-0.2, 0) is 6.42 Å². The lowest BCUT2D eigenvalue weighted by molar-refractivity contribution is 0.208. The van der Waals surface area contributed by atoms with Gasteiger partial charge in [0.2, 0.25) is 0 Å². The third-order valence-corrected chi connectivity index (χ3v) is 1.88. The van der Waals surface area contributed by atoms with E-state index < -0.39 is 5.54 Å². The molecule has 2 nitrogen and oxygen atoms in total. The van der Waals surface area contributed by atoms with Crippen LogP contribution in [0.4, 0.5) is 4.39 Å². The Balaban J connectivity index is 2.69. The SMILES string of the molecule is CC(N)(CO)Cc1ccc(F)cc1. The molecule has 0 heterocycles. The molecule has 3 N–H and O–H groups in total. The maximum Gasteiger partial charge on any atom is 0.123 e. The normalized spacial score (nSPS) is 15.4. The van der Waals surface area contributed by atoms with E-state index in [0.717, 1.165) is 5.56 Å². The first-order valence-corrected chi connectivity index (χ1v) is 4.18. The molecule has 1 rings (SSSR count). The Bertz CT molecular complexity index is 269. The van der Waals surface area contributed by atoms with Gasteiger partial charge in [0.25, 0.3) is 0 Å². The molecule has 0 aliphatic carbocycles. The monoisotopic (exact) mass is 183 g/mol. The van der Waals surface area contributed by atoms with Gasteiger partial charge in [-0.3, -0.25) is 0 Å². The second-order valence-corrected chi connectivity index (χ2v) is 3.62. The van der Waals surface area contributed by atoms with Crippen LogP contribution in [0.5, 0.6) is 0 Å². The van der Waals surface area contributed by atoms with E-state index in [1.165, 1.54) is 12.1 Å². The quantitative estimate of drug-likeness (QED) is 0.736. The smallest absolute Gasteiger partial charge is 0.123 e. The summed E-state index contributed by atoms with van der Waals surface area (Å²) in [7, 11) is 0. The summed E-state index contributed by atoms with van der Waals surface area (Å²) in [6.07, 6.45) is 0.545. The molecule has 0 aliphatic heterocycles. The highest BCUT2D eigenvalue weighted by Crippen LogP contribution is 2.10. The van der Waals surface area contributed by atoms with Crippen molar-refractivity contribution in [3.05, 3.63) is 35.6 Å². The first-order valence-electron chi connectivity index (χ1n) is 4.18. The lowest BCUT2D eigenvalue weighted by Crippen LogP contribution is -2.42. The van der Waals surface area contributed by atoms with Crippen molar-refractivity contribution in [2.24, 2.45) is 5.73 Å². The molecule has 0 amide bonds. The van der Waals surface area contributed by atoms with Crippen molar-refractivity contribution in [2.45, 2.75) is 18.9 Å². The summed E-state index contributed by atoms with van der Waals surface area (Å²) >= 11 is 0. The molecule has 0 spiro atoms. The van der Waals surface area contributed by atoms with E-state index in [0.29, 0.717) is 6.42 Å². The fourth-order valence-corrected chi connectivity index (χ4v) is 1.12. The molecule has 13 heavy (non-hydrogen) atoms. The van der Waals surface area contributed by atoms with Crippen molar-refractivity contribution in [1.29, 1.82) is 0 Å². The van der Waals surface area contributed by atoms with Gasteiger partial charge >= 0.3 is 0 Å². The van der Waals surface area contributed by atoms with Crippen LogP contribution in [0.3, 0.4) is 0 Å². The number of hydrogen-bond acceptors (Lipinski definition) is 2. The van der Waals surface area contributed by atoms with Crippen molar-refractivity contribution in [3.63, 3.8) is 0 Å². The fourth-order valence-electron chi connectivity index (χ4n) is 1.12. The summed E-state index contributed by atoms with van der Waals surface area (Å²) in [5.74, 6) is -0.258. The minimum Gasteiger partial charge on any atom is -0.394 e. The van der Waals surface area contributed by atoms with Gasteiger partial charge in [-0.05, 0) is 31.0 Å². The average Bonchev–Trinajstić information content (AvgIpc) is 2.09. The Morgan fingerprint density at radius 2 is 1.92 bits per heavy atom. The maximum atomic E-state index is 12.5. The van der Waals surface area contributed by atoms with Gasteiger partial charge in [-0.15, -0.1) is 0 Å². The van der Waals surface area contributed by atoms with Crippen molar-refractivity contribution in [3.8, 4) is 0 Å². The minimum atomic E-state index is -0.627. The lowest BCUT2D eigenvalue weighted by atomic mass is 9.95. The van der Waals surface area contributed by atoms with E-state index in [9.17, 15) is 4.39 Å². The van der Waals surface area contributed by atoms with E-state index in [-0.39, 0.29) is 12.4 Å². The topological polar surface area (TPSA) is 46.2 Å². The molecule has 1 atom stereocenters. The van der Waals surface area contributed by atoms with Crippen LogP contribution < -0.4 is 5.73 Å². The molecule has 3 heteroatoms. The van der Waals surface area contributed by atoms with E-state index >= 15 is 0 Å². The second-order valence-electron chi connectivity index (χ2n) is 3.62. The zero-order valence-electron chi connectivity index (χ0n) is 7.63. The maximum absolute atomic E-state index is 12.5. The molecule has 1 aromatic rings. The van der Waals surface area contributed by atoms with E-state index in [4.69, 9.17) is 10.8 Å². The van der Waals surface area contributed by atoms with Crippen LogP contribution in [0.1, 0.15) is 12.5 Å². The summed E-state index contributed by atoms with van der Waals surface area (Å²) in [5.41, 5.74) is 6.05. The van der Waals surface area contributed by atoms with Crippen LogP contribution in [0.15, 0.2) is 24.3 Å². The van der Waals surface area contributed by atoms with Crippen LogP contribution in [0, 0.1) is 5.82 Å². The van der Waals surface area contributed by atoms with E-state index in [2.05, 4.69) is 0 Å². The number of benzene rings is 1. The van der Waals surface area contributed by atoms with Gasteiger partial charge in [0, 0.05) is 5.54 Å². The van der Waals surface area contributed by atoms with Crippen molar-refractivity contribution in [2.75, 3.05) is 6.61 Å².